The Labute approximate surface area is 210 Å². The lowest BCUT2D eigenvalue weighted by atomic mass is 10.1. The summed E-state index contributed by atoms with van der Waals surface area (Å²) in [6, 6.07) is 5.55. The molecule has 0 saturated carbocycles. The smallest absolute Gasteiger partial charge is 0.418 e. The first kappa shape index (κ1) is 33.0. The molecule has 0 amide bonds. The fraction of sp³-hybridized carbons (Fsp3) is 0.714. The predicted octanol–water partition coefficient (Wildman–Crippen LogP) is 8.07. The highest BCUT2D eigenvalue weighted by Gasteiger charge is 2.47. The van der Waals surface area contributed by atoms with Crippen LogP contribution in [0.4, 0.5) is 23.0 Å². The van der Waals surface area contributed by atoms with E-state index in [2.05, 4.69) is 41.7 Å². The Morgan fingerprint density at radius 3 is 1.76 bits per heavy atom. The molecule has 1 aromatic rings. The third-order valence-electron chi connectivity index (χ3n) is 4.33. The Hall–Kier alpha value is -1.04. The Bertz CT molecular complexity index is 696. The Morgan fingerprint density at radius 2 is 1.38 bits per heavy atom. The van der Waals surface area contributed by atoms with Gasteiger partial charge in [-0.2, -0.15) is 0 Å². The molecule has 1 atom stereocenters. The monoisotopic (exact) mass is 574 g/mol. The first-order chi connectivity index (χ1) is 16.0. The Kier molecular flexibility index (Phi) is 17.7. The van der Waals surface area contributed by atoms with Gasteiger partial charge in [-0.3, -0.25) is 0 Å². The summed E-state index contributed by atoms with van der Waals surface area (Å²) >= 11 is 3.47. The number of halogens is 5. The summed E-state index contributed by atoms with van der Waals surface area (Å²) in [7, 11) is -9.27. The molecule has 0 saturated heterocycles. The summed E-state index contributed by atoms with van der Waals surface area (Å²) in [6.45, 7) is 10.0. The molecule has 196 valence electrons. The summed E-state index contributed by atoms with van der Waals surface area (Å²) in [5, 5.41) is 9.29. The van der Waals surface area contributed by atoms with Crippen LogP contribution in [0, 0.1) is 5.39 Å². The molecule has 0 aliphatic rings. The van der Waals surface area contributed by atoms with E-state index in [1.165, 1.54) is 0 Å². The van der Waals surface area contributed by atoms with Gasteiger partial charge in [0.15, 0.2) is 4.98 Å². The van der Waals surface area contributed by atoms with Gasteiger partial charge in [-0.25, -0.2) is 0 Å². The summed E-state index contributed by atoms with van der Waals surface area (Å²) < 4.78 is 64.7. The van der Waals surface area contributed by atoms with Crippen molar-refractivity contribution in [1.29, 1.82) is 5.39 Å². The van der Waals surface area contributed by atoms with Crippen molar-refractivity contribution in [2.24, 2.45) is 0 Å². The largest absolute Gasteiger partial charge is 0.679 e. The topological polar surface area (TPSA) is 65.1 Å². The highest BCUT2D eigenvalue weighted by atomic mass is 79.9. The van der Waals surface area contributed by atoms with Crippen molar-refractivity contribution in [2.75, 3.05) is 19.8 Å². The third-order valence-corrected chi connectivity index (χ3v) is 7.19. The van der Waals surface area contributed by atoms with E-state index < -0.39 is 16.3 Å². The Morgan fingerprint density at radius 1 is 0.941 bits per heavy atom. The summed E-state index contributed by atoms with van der Waals surface area (Å²) in [5.74, 6) is 0. The van der Waals surface area contributed by atoms with Crippen LogP contribution in [0.3, 0.4) is 0 Å². The second-order valence-electron chi connectivity index (χ2n) is 7.61. The average Bonchev–Trinajstić information content (AvgIpc) is 2.73. The lowest BCUT2D eigenvalue weighted by Gasteiger charge is -2.31. The van der Waals surface area contributed by atoms with E-state index in [4.69, 9.17) is 17.7 Å². The van der Waals surface area contributed by atoms with E-state index in [-0.39, 0.29) is 6.10 Å². The molecular weight excluding hydrogens is 539 g/mol. The van der Waals surface area contributed by atoms with Crippen molar-refractivity contribution in [3.63, 3.8) is 0 Å². The quantitative estimate of drug-likeness (QED) is 0.0864. The zero-order chi connectivity index (χ0) is 26.0. The minimum Gasteiger partial charge on any atom is -0.418 e. The number of nitrogens with zero attached hydrogens (tertiary/aromatic N) is 2. The van der Waals surface area contributed by atoms with Crippen LogP contribution in [0.2, 0.25) is 0 Å². The molecule has 0 aliphatic heterocycles. The van der Waals surface area contributed by atoms with Crippen LogP contribution >= 0.6 is 15.9 Å². The van der Waals surface area contributed by atoms with Crippen LogP contribution in [0.15, 0.2) is 22.7 Å². The molecule has 0 spiro atoms. The van der Waals surface area contributed by atoms with Crippen LogP contribution < -0.4 is 0 Å². The molecular formula is C21H36BBrF4N2O4Si. The molecule has 0 aromatic heterocycles. The van der Waals surface area contributed by atoms with Crippen LogP contribution in [-0.2, 0) is 24.1 Å². The van der Waals surface area contributed by atoms with Gasteiger partial charge in [-0.1, -0.05) is 56.0 Å². The zero-order valence-electron chi connectivity index (χ0n) is 20.4. The van der Waals surface area contributed by atoms with Gasteiger partial charge in [-0.05, 0) is 38.3 Å². The van der Waals surface area contributed by atoms with Crippen LogP contribution in [-0.4, -0.2) is 42.2 Å². The highest BCUT2D eigenvalue weighted by Crippen LogP contribution is 2.27. The van der Waals surface area contributed by atoms with E-state index in [0.29, 0.717) is 31.9 Å². The molecule has 0 aliphatic carbocycles. The minimum absolute atomic E-state index is 0.221. The molecule has 34 heavy (non-hydrogen) atoms. The van der Waals surface area contributed by atoms with Gasteiger partial charge in [0.2, 0.25) is 5.39 Å². The normalized spacial score (nSPS) is 12.6. The first-order valence-corrected chi connectivity index (χ1v) is 14.0. The predicted molar refractivity (Wildman–Crippen MR) is 132 cm³/mol. The molecule has 1 rings (SSSR count). The van der Waals surface area contributed by atoms with Crippen molar-refractivity contribution in [2.45, 2.75) is 78.7 Å². The van der Waals surface area contributed by atoms with Gasteiger partial charge in [0.25, 0.3) is 0 Å². The van der Waals surface area contributed by atoms with E-state index in [1.807, 2.05) is 19.1 Å². The van der Waals surface area contributed by atoms with Gasteiger partial charge in [0, 0.05) is 36.8 Å². The number of diazo groups is 1. The van der Waals surface area contributed by atoms with Gasteiger partial charge < -0.3 is 35.0 Å². The molecule has 13 heteroatoms. The van der Waals surface area contributed by atoms with Crippen molar-refractivity contribution < 1.29 is 35.0 Å². The maximum absolute atomic E-state index is 9.75. The van der Waals surface area contributed by atoms with Crippen molar-refractivity contribution in [1.82, 2.24) is 0 Å². The molecule has 0 fully saturated rings. The van der Waals surface area contributed by atoms with Gasteiger partial charge in [0.05, 0.1) is 11.7 Å². The highest BCUT2D eigenvalue weighted by molar-refractivity contribution is 9.10. The molecule has 1 aromatic carbocycles. The lowest BCUT2D eigenvalue weighted by molar-refractivity contribution is -0.0538. The molecule has 0 bridgehead atoms. The Balaban J connectivity index is 0.00000196. The van der Waals surface area contributed by atoms with E-state index in [9.17, 15) is 22.7 Å². The average molecular weight is 575 g/mol. The number of hydrogen-bond donors (Lipinski definition) is 0. The first-order valence-electron chi connectivity index (χ1n) is 11.6. The maximum atomic E-state index is 9.75. The fourth-order valence-corrected chi connectivity index (χ4v) is 5.29. The SMILES string of the molecule is CCCCO[Si](OCCCC)(OCCCC)OC(C)Cc1cc(Br)ccc1[N+]#N.F[B-](F)(F)F. The van der Waals surface area contributed by atoms with E-state index in [0.717, 1.165) is 48.6 Å². The maximum Gasteiger partial charge on any atom is 0.679 e. The van der Waals surface area contributed by atoms with E-state index >= 15 is 0 Å². The second-order valence-corrected chi connectivity index (χ2v) is 10.6. The lowest BCUT2D eigenvalue weighted by Crippen LogP contribution is -2.52. The number of hydrogen-bond acceptors (Lipinski definition) is 5. The van der Waals surface area contributed by atoms with Crippen LogP contribution in [0.25, 0.3) is 4.98 Å². The van der Waals surface area contributed by atoms with Crippen molar-refractivity contribution in [3.8, 4) is 0 Å². The van der Waals surface area contributed by atoms with Gasteiger partial charge in [0.1, 0.15) is 0 Å². The van der Waals surface area contributed by atoms with E-state index in [1.54, 1.807) is 6.07 Å². The van der Waals surface area contributed by atoms with Crippen LogP contribution in [0.5, 0.6) is 0 Å². The summed E-state index contributed by atoms with van der Waals surface area (Å²) in [5.41, 5.74) is 1.41. The molecule has 0 heterocycles. The second kappa shape index (κ2) is 18.3. The molecule has 0 radical (unpaired) electrons. The van der Waals surface area contributed by atoms with Gasteiger partial charge >= 0.3 is 22.0 Å². The fourth-order valence-electron chi connectivity index (χ4n) is 2.66. The standard InChI is InChI=1S/C21H36BrN2O4Si.BF4/c1-5-8-13-25-29(26-14-9-6-2,27-15-10-7-3)28-18(4)16-19-17-20(22)11-12-21(19)24-23;2-1(3,4)5/h11-12,17-18H,5-10,13-16H2,1-4H3;/q+1;-1. The number of benzene rings is 1. The molecule has 6 nitrogen and oxygen atoms in total. The number of unbranched alkanes of at least 4 members (excludes halogenated alkanes) is 3. The third kappa shape index (κ3) is 16.6. The summed E-state index contributed by atoms with van der Waals surface area (Å²) in [4.78, 5) is 3.38. The van der Waals surface area contributed by atoms with Crippen LogP contribution in [0.1, 0.15) is 71.8 Å². The molecule has 1 unspecified atom stereocenters. The number of rotatable bonds is 16. The van der Waals surface area contributed by atoms with Gasteiger partial charge in [-0.15, -0.1) is 0 Å². The minimum atomic E-state index is -6.00. The summed E-state index contributed by atoms with van der Waals surface area (Å²) in [6.07, 6.45) is 6.22. The molecule has 0 N–H and O–H groups in total. The zero-order valence-corrected chi connectivity index (χ0v) is 23.0. The van der Waals surface area contributed by atoms with Crippen molar-refractivity contribution in [3.05, 3.63) is 33.2 Å². The van der Waals surface area contributed by atoms with Crippen molar-refractivity contribution >= 4 is 37.9 Å².